The number of halogens is 10. The van der Waals surface area contributed by atoms with Crippen molar-refractivity contribution < 1.29 is 59.4 Å². The number of nitrogens with two attached hydrogens (primary N) is 4. The number of likely N-dealkylation sites (N-methyl/N-ethyl adjacent to an activating group) is 2. The molecule has 9 aromatic rings. The van der Waals surface area contributed by atoms with Crippen LogP contribution in [0, 0.1) is 11.8 Å². The Hall–Kier alpha value is -9.63. The predicted molar refractivity (Wildman–Crippen MR) is 457 cm³/mol. The number of aliphatic imine (C=N–C) groups is 4. The zero-order valence-electron chi connectivity index (χ0n) is 65.9. The van der Waals surface area contributed by atoms with Gasteiger partial charge in [-0.25, -0.2) is 37.5 Å². The highest BCUT2D eigenvalue weighted by Crippen LogP contribution is 2.53. The number of ether oxygens (including phenoxy) is 1. The van der Waals surface area contributed by atoms with Crippen LogP contribution in [0.3, 0.4) is 0 Å². The highest BCUT2D eigenvalue weighted by atomic mass is 79.9. The van der Waals surface area contributed by atoms with E-state index in [1.165, 1.54) is 83.9 Å². The molecular weight excluding hydrogens is 1740 g/mol. The summed E-state index contributed by atoms with van der Waals surface area (Å²) >= 11 is 17.4. The molecule has 15 rings (SSSR count). The number of likely N-dealkylation sites (tertiary alicyclic amines) is 1. The first-order valence-electron chi connectivity index (χ1n) is 37.5. The molecule has 5 aliphatic heterocycles. The number of hydrogen-bond acceptors (Lipinski definition) is 17. The minimum Gasteiger partial charge on any atom is -0.383 e. The second kappa shape index (κ2) is 34.2. The highest BCUT2D eigenvalue weighted by Gasteiger charge is 2.55. The number of guanidine groups is 4. The average molecular weight is 1820 g/mol. The molecule has 5 amide bonds. The van der Waals surface area contributed by atoms with E-state index in [4.69, 9.17) is 39.3 Å². The molecule has 8 N–H and O–H groups in total. The van der Waals surface area contributed by atoms with Crippen molar-refractivity contribution in [2.75, 3.05) is 41.4 Å². The minimum absolute atomic E-state index is 0.0246. The summed E-state index contributed by atoms with van der Waals surface area (Å²) in [5.41, 5.74) is 27.6. The SMILES string of the molecule is CN1C(=O)[C@@H](c2ccc(C(C)(F)F)cc2)[C@@](C)(c2csc(Br)c2)N=C1N.CN1C(=O)[C@H](C2CC2)[C@@](C)(c2cc(-c3cccc(C(F)(F)F)c3)cs2)N=C1N.CN1C(=O)[C@H](c2ccc(C(C)(F)F)cc2)[C@@](C)(c2csc(Br)c2)N=C1N.COC[C@H]1CCCN1C(=O)c1cccc(CN2C(=O)C(C)(c3cccc(-c4cccc(Cl)c4)c3)N=C2N)c1. The van der Waals surface area contributed by atoms with Gasteiger partial charge >= 0.3 is 6.18 Å². The van der Waals surface area contributed by atoms with Crippen molar-refractivity contribution in [3.63, 3.8) is 0 Å². The summed E-state index contributed by atoms with van der Waals surface area (Å²) in [6.45, 7) is 10.5. The highest BCUT2D eigenvalue weighted by molar-refractivity contribution is 9.11. The smallest absolute Gasteiger partial charge is 0.383 e. The van der Waals surface area contributed by atoms with E-state index in [2.05, 4.69) is 51.8 Å². The summed E-state index contributed by atoms with van der Waals surface area (Å²) in [6.07, 6.45) is -0.545. The summed E-state index contributed by atoms with van der Waals surface area (Å²) in [6, 6.07) is 45.4. The standard InChI is InChI=1S/C30H31ClN4O3.C20H20F3N3OS.2C18H18BrF2N3OS/c1-30(24-11-4-8-21(16-24)22-9-5-12-25(31)17-22)28(37)35(29(32)33-30)18-20-7-3-10-23(15-20)27(36)34-14-6-13-26(34)19-38-2;1-19(16(11-6-7-11)17(27)26(2)18(24)25-19)15-9-13(10-28-15)12-4-3-5-14(8-12)20(21,22)23;2*1-17(12-8-13(19)26-9-12)14(15(25)24(3)16(22)23-17)10-4-6-11(7-5-10)18(2,20)21/h3-5,7-12,15-17,26H,6,13-14,18-19H2,1-2H3,(H2,32,33);3-5,8-11,16H,6-7H2,1-2H3,(H2,24,25);2*4-9,14H,1-3H3,(H2,22,23)/t26-,30?;16-,19+;14-,17+;14-,17-/m1001/s1. The fourth-order valence-electron chi connectivity index (χ4n) is 15.5. The van der Waals surface area contributed by atoms with Gasteiger partial charge in [-0.05, 0) is 224 Å². The Labute approximate surface area is 713 Å². The van der Waals surface area contributed by atoms with E-state index in [9.17, 15) is 54.7 Å². The van der Waals surface area contributed by atoms with Crippen molar-refractivity contribution in [1.29, 1.82) is 0 Å². The maximum Gasteiger partial charge on any atom is 0.416 e. The van der Waals surface area contributed by atoms with Gasteiger partial charge in [0.15, 0.2) is 29.4 Å². The van der Waals surface area contributed by atoms with Gasteiger partial charge in [0.2, 0.25) is 17.7 Å². The minimum atomic E-state index is -4.39. The number of hydrogen-bond donors (Lipinski definition) is 4. The summed E-state index contributed by atoms with van der Waals surface area (Å²) in [4.78, 5) is 92.5. The number of alkyl halides is 7. The van der Waals surface area contributed by atoms with Gasteiger partial charge in [0, 0.05) is 75.2 Å². The van der Waals surface area contributed by atoms with Crippen LogP contribution in [0.4, 0.5) is 30.7 Å². The normalized spacial score (nSPS) is 23.5. The number of methoxy groups -OCH3 is 1. The maximum atomic E-state index is 13.7. The van der Waals surface area contributed by atoms with E-state index in [1.807, 2.05) is 133 Å². The largest absolute Gasteiger partial charge is 0.416 e. The lowest BCUT2D eigenvalue weighted by Crippen LogP contribution is -2.54. The molecule has 8 atom stereocenters. The van der Waals surface area contributed by atoms with Crippen molar-refractivity contribution in [2.24, 2.45) is 54.7 Å². The molecule has 620 valence electrons. The van der Waals surface area contributed by atoms with Gasteiger partial charge in [0.25, 0.3) is 23.7 Å². The molecule has 118 heavy (non-hydrogen) atoms. The molecule has 19 nitrogen and oxygen atoms in total. The van der Waals surface area contributed by atoms with Crippen LogP contribution in [0.15, 0.2) is 207 Å². The molecular formula is C86H87Br2ClF7N13O6S3. The monoisotopic (exact) mass is 1820 g/mol. The summed E-state index contributed by atoms with van der Waals surface area (Å²) < 4.78 is 100. The molecule has 6 aromatic carbocycles. The second-order valence-corrected chi connectivity index (χ2v) is 36.7. The third-order valence-electron chi connectivity index (χ3n) is 22.4. The Morgan fingerprint density at radius 2 is 1.03 bits per heavy atom. The number of rotatable bonds is 16. The summed E-state index contributed by atoms with van der Waals surface area (Å²) in [7, 11) is 6.40. The van der Waals surface area contributed by atoms with Gasteiger partial charge in [-0.1, -0.05) is 115 Å². The van der Waals surface area contributed by atoms with Crippen molar-refractivity contribution in [1.82, 2.24) is 24.5 Å². The molecule has 1 saturated heterocycles. The van der Waals surface area contributed by atoms with E-state index >= 15 is 0 Å². The van der Waals surface area contributed by atoms with Crippen LogP contribution < -0.4 is 22.9 Å². The lowest BCUT2D eigenvalue weighted by molar-refractivity contribution is -0.137. The zero-order valence-corrected chi connectivity index (χ0v) is 72.3. The van der Waals surface area contributed by atoms with E-state index in [0.717, 1.165) is 97.5 Å². The average Bonchev–Trinajstić information content (AvgIpc) is 1.08. The van der Waals surface area contributed by atoms with E-state index < -0.39 is 57.6 Å². The zero-order chi connectivity index (χ0) is 85.7. The maximum absolute atomic E-state index is 13.7. The Morgan fingerprint density at radius 1 is 0.542 bits per heavy atom. The van der Waals surface area contributed by atoms with Crippen molar-refractivity contribution in [3.05, 3.63) is 253 Å². The number of thiophene rings is 3. The third-order valence-corrected chi connectivity index (χ3v) is 26.8. The van der Waals surface area contributed by atoms with Gasteiger partial charge in [-0.2, -0.15) is 13.2 Å². The molecule has 1 aliphatic carbocycles. The molecule has 8 heterocycles. The van der Waals surface area contributed by atoms with Gasteiger partial charge in [0.1, 0.15) is 16.6 Å². The molecule has 0 bridgehead atoms. The Kier molecular flexibility index (Phi) is 25.4. The van der Waals surface area contributed by atoms with Crippen LogP contribution in [0.25, 0.3) is 22.3 Å². The molecule has 1 unspecified atom stereocenters. The van der Waals surface area contributed by atoms with Crippen LogP contribution in [0.2, 0.25) is 5.02 Å². The van der Waals surface area contributed by atoms with E-state index in [0.29, 0.717) is 46.0 Å². The third kappa shape index (κ3) is 18.1. The van der Waals surface area contributed by atoms with E-state index in [-0.39, 0.29) is 88.9 Å². The number of carbonyl (C=O) groups excluding carboxylic acids is 5. The Balaban J connectivity index is 0.000000147. The van der Waals surface area contributed by atoms with Crippen LogP contribution in [-0.4, -0.2) is 125 Å². The first-order valence-corrected chi connectivity index (χ1v) is 42.1. The van der Waals surface area contributed by atoms with Crippen LogP contribution in [0.1, 0.15) is 144 Å². The lowest BCUT2D eigenvalue weighted by atomic mass is 9.75. The molecule has 3 aromatic heterocycles. The van der Waals surface area contributed by atoms with E-state index in [1.54, 1.807) is 65.5 Å². The molecule has 0 radical (unpaired) electrons. The van der Waals surface area contributed by atoms with Gasteiger partial charge in [-0.15, -0.1) is 34.0 Å². The van der Waals surface area contributed by atoms with Crippen molar-refractivity contribution >= 4 is 131 Å². The number of nitrogens with zero attached hydrogens (tertiary/aromatic N) is 9. The van der Waals surface area contributed by atoms with Crippen LogP contribution >= 0.6 is 77.5 Å². The number of amides is 5. The van der Waals surface area contributed by atoms with Crippen LogP contribution in [0.5, 0.6) is 0 Å². The van der Waals surface area contributed by atoms with Gasteiger partial charge < -0.3 is 32.6 Å². The summed E-state index contributed by atoms with van der Waals surface area (Å²) in [5.74, 6) is -7.40. The fraction of sp³-hybridized carbons (Fsp3) is 0.337. The first-order chi connectivity index (χ1) is 55.5. The number of benzene rings is 6. The molecule has 6 aliphatic rings. The molecule has 0 spiro atoms. The number of carbonyl (C=O) groups is 5. The van der Waals surface area contributed by atoms with Crippen molar-refractivity contribution in [2.45, 2.75) is 132 Å². The van der Waals surface area contributed by atoms with Crippen LogP contribution in [-0.2, 0) is 70.6 Å². The topological polar surface area (TPSA) is 264 Å². The van der Waals surface area contributed by atoms with Gasteiger partial charge in [-0.3, -0.25) is 43.6 Å². The fourth-order valence-corrected chi connectivity index (χ4v) is 19.3. The molecule has 1 saturated carbocycles. The summed E-state index contributed by atoms with van der Waals surface area (Å²) in [5, 5.41) is 6.29. The Morgan fingerprint density at radius 3 is 1.53 bits per heavy atom. The second-order valence-electron chi connectivity index (χ2n) is 30.8. The Bertz CT molecular complexity index is 5290. The predicted octanol–water partition coefficient (Wildman–Crippen LogP) is 18.1. The van der Waals surface area contributed by atoms with Gasteiger partial charge in [0.05, 0.1) is 50.1 Å². The quantitative estimate of drug-likeness (QED) is 0.0665. The first kappa shape index (κ1) is 87.7. The lowest BCUT2D eigenvalue weighted by Gasteiger charge is -2.40. The molecule has 32 heteroatoms. The van der Waals surface area contributed by atoms with Crippen molar-refractivity contribution in [3.8, 4) is 22.3 Å². The molecule has 2 fully saturated rings.